The molecule has 4 heterocycles. The first-order valence-corrected chi connectivity index (χ1v) is 8.09. The van der Waals surface area contributed by atoms with Crippen molar-refractivity contribution in [2.24, 2.45) is 0 Å². The van der Waals surface area contributed by atoms with Gasteiger partial charge in [0, 0.05) is 12.7 Å². The molecule has 110 valence electrons. The Morgan fingerprint density at radius 2 is 2.24 bits per heavy atom. The van der Waals surface area contributed by atoms with Gasteiger partial charge in [-0.1, -0.05) is 11.3 Å². The number of rotatable bonds is 3. The molecule has 0 aromatic carbocycles. The van der Waals surface area contributed by atoms with Crippen molar-refractivity contribution in [2.45, 2.75) is 39.3 Å². The maximum absolute atomic E-state index is 4.68. The van der Waals surface area contributed by atoms with E-state index in [2.05, 4.69) is 33.2 Å². The largest absolute Gasteiger partial charge is 0.342 e. The average molecular weight is 302 g/mol. The number of fused-ring (bicyclic) bond motifs is 1. The van der Waals surface area contributed by atoms with Crippen LogP contribution in [0.4, 0.5) is 5.13 Å². The fraction of sp³-hybridized carbons (Fsp3) is 0.500. The van der Waals surface area contributed by atoms with Crippen molar-refractivity contribution in [2.75, 3.05) is 11.4 Å². The van der Waals surface area contributed by atoms with Crippen molar-refractivity contribution < 1.29 is 0 Å². The van der Waals surface area contributed by atoms with E-state index in [4.69, 9.17) is 0 Å². The normalized spacial score (nSPS) is 19.0. The number of anilines is 1. The Hall–Kier alpha value is -1.89. The van der Waals surface area contributed by atoms with Crippen LogP contribution in [0.25, 0.3) is 4.96 Å². The summed E-state index contributed by atoms with van der Waals surface area (Å²) >= 11 is 1.67. The van der Waals surface area contributed by atoms with Gasteiger partial charge < -0.3 is 4.90 Å². The topological polar surface area (TPSA) is 51.2 Å². The number of hydrogen-bond acceptors (Lipinski definition) is 5. The number of aryl methyl sites for hydroxylation is 2. The summed E-state index contributed by atoms with van der Waals surface area (Å²) in [6, 6.07) is 0.473. The molecule has 3 aromatic rings. The van der Waals surface area contributed by atoms with E-state index < -0.39 is 0 Å². The van der Waals surface area contributed by atoms with Gasteiger partial charge in [0.2, 0.25) is 10.1 Å². The molecule has 1 fully saturated rings. The van der Waals surface area contributed by atoms with Gasteiger partial charge in [-0.15, -0.1) is 5.10 Å². The third kappa shape index (κ3) is 2.31. The van der Waals surface area contributed by atoms with Crippen LogP contribution in [0.3, 0.4) is 0 Å². The Labute approximate surface area is 127 Å². The molecule has 0 unspecified atom stereocenters. The second-order valence-corrected chi connectivity index (χ2v) is 6.66. The highest BCUT2D eigenvalue weighted by molar-refractivity contribution is 7.20. The highest BCUT2D eigenvalue weighted by Gasteiger charge is 2.28. The molecular weight excluding hydrogens is 284 g/mol. The van der Waals surface area contributed by atoms with Crippen LogP contribution in [0, 0.1) is 13.8 Å². The highest BCUT2D eigenvalue weighted by Crippen LogP contribution is 2.30. The van der Waals surface area contributed by atoms with Crippen molar-refractivity contribution in [3.8, 4) is 0 Å². The highest BCUT2D eigenvalue weighted by atomic mass is 32.1. The summed E-state index contributed by atoms with van der Waals surface area (Å²) in [5, 5.41) is 10.2. The number of hydrogen-bond donors (Lipinski definition) is 0. The Morgan fingerprint density at radius 1 is 1.33 bits per heavy atom. The van der Waals surface area contributed by atoms with Crippen LogP contribution in [0.2, 0.25) is 0 Å². The number of nitrogens with zero attached hydrogens (tertiary/aromatic N) is 6. The SMILES string of the molecule is Cc1cnn(C[C@H]2CCCN2c2nn3cc(C)nc3s2)c1. The molecule has 0 amide bonds. The van der Waals surface area contributed by atoms with Crippen molar-refractivity contribution in [3.63, 3.8) is 0 Å². The Morgan fingerprint density at radius 3 is 3.00 bits per heavy atom. The Bertz CT molecular complexity index is 738. The van der Waals surface area contributed by atoms with Crippen LogP contribution in [0.15, 0.2) is 18.6 Å². The monoisotopic (exact) mass is 302 g/mol. The molecule has 21 heavy (non-hydrogen) atoms. The zero-order chi connectivity index (χ0) is 14.4. The molecule has 7 heteroatoms. The Kier molecular flexibility index (Phi) is 2.95. The van der Waals surface area contributed by atoms with Crippen molar-refractivity contribution in [1.29, 1.82) is 0 Å². The van der Waals surface area contributed by atoms with Gasteiger partial charge in [0.25, 0.3) is 0 Å². The summed E-state index contributed by atoms with van der Waals surface area (Å²) in [4.78, 5) is 7.88. The second kappa shape index (κ2) is 4.84. The summed E-state index contributed by atoms with van der Waals surface area (Å²) in [5.74, 6) is 0. The van der Waals surface area contributed by atoms with Crippen LogP contribution >= 0.6 is 11.3 Å². The van der Waals surface area contributed by atoms with E-state index >= 15 is 0 Å². The van der Waals surface area contributed by atoms with E-state index in [0.717, 1.165) is 28.9 Å². The summed E-state index contributed by atoms with van der Waals surface area (Å²) in [7, 11) is 0. The van der Waals surface area contributed by atoms with E-state index in [-0.39, 0.29) is 0 Å². The lowest BCUT2D eigenvalue weighted by Gasteiger charge is -2.23. The molecule has 0 N–H and O–H groups in total. The average Bonchev–Trinajstić information content (AvgIpc) is 3.14. The van der Waals surface area contributed by atoms with E-state index in [9.17, 15) is 0 Å². The first-order valence-electron chi connectivity index (χ1n) is 7.27. The molecule has 0 spiro atoms. The molecule has 4 rings (SSSR count). The number of aromatic nitrogens is 5. The summed E-state index contributed by atoms with van der Waals surface area (Å²) < 4.78 is 3.93. The zero-order valence-corrected chi connectivity index (χ0v) is 13.0. The molecule has 0 saturated carbocycles. The van der Waals surface area contributed by atoms with Crippen LogP contribution in [-0.4, -0.2) is 37.0 Å². The van der Waals surface area contributed by atoms with E-state index in [1.54, 1.807) is 11.3 Å². The predicted molar refractivity (Wildman–Crippen MR) is 82.9 cm³/mol. The first-order chi connectivity index (χ1) is 10.2. The van der Waals surface area contributed by atoms with Crippen molar-refractivity contribution in [1.82, 2.24) is 24.4 Å². The standard InChI is InChI=1S/C14H18N6S/c1-10-6-15-18(7-10)9-12-4-3-5-19(12)14-17-20-8-11(2)16-13(20)21-14/h6-8,12H,3-5,9H2,1-2H3/t12-/m1/s1. The molecule has 1 aliphatic rings. The second-order valence-electron chi connectivity index (χ2n) is 5.72. The molecular formula is C14H18N6S. The Balaban J connectivity index is 1.58. The van der Waals surface area contributed by atoms with Crippen molar-refractivity contribution in [3.05, 3.63) is 29.8 Å². The minimum atomic E-state index is 0.473. The van der Waals surface area contributed by atoms with Gasteiger partial charge in [-0.2, -0.15) is 5.10 Å². The molecule has 0 aliphatic carbocycles. The van der Waals surface area contributed by atoms with Gasteiger partial charge in [-0.25, -0.2) is 9.50 Å². The van der Waals surface area contributed by atoms with E-state index in [1.807, 2.05) is 28.5 Å². The van der Waals surface area contributed by atoms with E-state index in [0.29, 0.717) is 6.04 Å². The van der Waals surface area contributed by atoms with Gasteiger partial charge in [-0.05, 0) is 32.3 Å². The zero-order valence-electron chi connectivity index (χ0n) is 12.2. The summed E-state index contributed by atoms with van der Waals surface area (Å²) in [5.41, 5.74) is 2.23. The van der Waals surface area contributed by atoms with Gasteiger partial charge in [-0.3, -0.25) is 4.68 Å². The van der Waals surface area contributed by atoms with Crippen LogP contribution in [0.5, 0.6) is 0 Å². The third-order valence-electron chi connectivity index (χ3n) is 3.94. The molecule has 1 aliphatic heterocycles. The van der Waals surface area contributed by atoms with Crippen LogP contribution in [-0.2, 0) is 6.54 Å². The smallest absolute Gasteiger partial charge is 0.214 e. The minimum Gasteiger partial charge on any atom is -0.342 e. The molecule has 1 atom stereocenters. The van der Waals surface area contributed by atoms with Gasteiger partial charge >= 0.3 is 0 Å². The lowest BCUT2D eigenvalue weighted by Crippen LogP contribution is -2.33. The molecule has 0 radical (unpaired) electrons. The predicted octanol–water partition coefficient (Wildman–Crippen LogP) is 2.27. The van der Waals surface area contributed by atoms with Crippen molar-refractivity contribution >= 4 is 21.4 Å². The van der Waals surface area contributed by atoms with Gasteiger partial charge in [0.1, 0.15) is 0 Å². The van der Waals surface area contributed by atoms with Crippen LogP contribution < -0.4 is 4.90 Å². The fourth-order valence-electron chi connectivity index (χ4n) is 2.97. The first kappa shape index (κ1) is 12.8. The minimum absolute atomic E-state index is 0.473. The maximum Gasteiger partial charge on any atom is 0.214 e. The third-order valence-corrected chi connectivity index (χ3v) is 4.90. The molecule has 3 aromatic heterocycles. The molecule has 6 nitrogen and oxygen atoms in total. The quantitative estimate of drug-likeness (QED) is 0.745. The lowest BCUT2D eigenvalue weighted by atomic mass is 10.2. The maximum atomic E-state index is 4.68. The lowest BCUT2D eigenvalue weighted by molar-refractivity contribution is 0.508. The van der Waals surface area contributed by atoms with E-state index in [1.165, 1.54) is 18.4 Å². The molecule has 0 bridgehead atoms. The fourth-order valence-corrected chi connectivity index (χ4v) is 4.00. The summed E-state index contributed by atoms with van der Waals surface area (Å²) in [6.07, 6.45) is 8.41. The summed E-state index contributed by atoms with van der Waals surface area (Å²) in [6.45, 7) is 6.07. The van der Waals surface area contributed by atoms with Gasteiger partial charge in [0.15, 0.2) is 0 Å². The van der Waals surface area contributed by atoms with Crippen LogP contribution in [0.1, 0.15) is 24.1 Å². The molecule has 1 saturated heterocycles. The van der Waals surface area contributed by atoms with Gasteiger partial charge in [0.05, 0.1) is 30.7 Å². The number of imidazole rings is 1.